The first-order valence-corrected chi connectivity index (χ1v) is 8.00. The summed E-state index contributed by atoms with van der Waals surface area (Å²) in [6.07, 6.45) is 11.2. The zero-order valence-corrected chi connectivity index (χ0v) is 12.2. The zero-order chi connectivity index (χ0) is 12.3. The van der Waals surface area contributed by atoms with Crippen LogP contribution in [0.2, 0.25) is 0 Å². The highest BCUT2D eigenvalue weighted by molar-refractivity contribution is 7.10. The Hall–Kier alpha value is -0.500. The number of thiophene rings is 1. The van der Waals surface area contributed by atoms with Gasteiger partial charge >= 0.3 is 0 Å². The van der Waals surface area contributed by atoms with Gasteiger partial charge < -0.3 is 5.32 Å². The van der Waals surface area contributed by atoms with Crippen molar-refractivity contribution in [3.05, 3.63) is 16.3 Å². The molecule has 0 unspecified atom stereocenters. The lowest BCUT2D eigenvalue weighted by Gasteiger charge is -2.04. The van der Waals surface area contributed by atoms with Crippen molar-refractivity contribution in [2.24, 2.45) is 0 Å². The van der Waals surface area contributed by atoms with E-state index in [0.29, 0.717) is 0 Å². The Morgan fingerprint density at radius 1 is 1.00 bits per heavy atom. The zero-order valence-electron chi connectivity index (χ0n) is 11.4. The molecule has 1 aromatic rings. The second kappa shape index (κ2) is 9.52. The van der Waals surface area contributed by atoms with Gasteiger partial charge in [0.1, 0.15) is 0 Å². The van der Waals surface area contributed by atoms with Gasteiger partial charge in [-0.25, -0.2) is 0 Å². The molecule has 0 spiro atoms. The van der Waals surface area contributed by atoms with Crippen LogP contribution in [0, 0.1) is 6.92 Å². The third-order valence-electron chi connectivity index (χ3n) is 3.09. The van der Waals surface area contributed by atoms with Crippen LogP contribution in [0.3, 0.4) is 0 Å². The molecule has 1 heterocycles. The summed E-state index contributed by atoms with van der Waals surface area (Å²) in [5, 5.41) is 5.70. The summed E-state index contributed by atoms with van der Waals surface area (Å²) in [6, 6.07) is 2.23. The molecule has 0 radical (unpaired) electrons. The van der Waals surface area contributed by atoms with Crippen molar-refractivity contribution in [3.63, 3.8) is 0 Å². The minimum atomic E-state index is 1.13. The van der Waals surface area contributed by atoms with Crippen molar-refractivity contribution < 1.29 is 0 Å². The molecule has 1 rings (SSSR count). The minimum absolute atomic E-state index is 1.13. The van der Waals surface area contributed by atoms with Crippen LogP contribution in [0.5, 0.6) is 0 Å². The van der Waals surface area contributed by atoms with Crippen molar-refractivity contribution in [1.82, 2.24) is 0 Å². The second-order valence-electron chi connectivity index (χ2n) is 4.85. The van der Waals surface area contributed by atoms with Gasteiger partial charge in [-0.15, -0.1) is 11.3 Å². The van der Waals surface area contributed by atoms with Crippen LogP contribution in [0.1, 0.15) is 63.2 Å². The summed E-state index contributed by atoms with van der Waals surface area (Å²) < 4.78 is 0. The van der Waals surface area contributed by atoms with Gasteiger partial charge in [0, 0.05) is 22.5 Å². The molecule has 0 aliphatic heterocycles. The van der Waals surface area contributed by atoms with Gasteiger partial charge in [0.2, 0.25) is 0 Å². The van der Waals surface area contributed by atoms with Crippen LogP contribution in [0.4, 0.5) is 5.69 Å². The fourth-order valence-electron chi connectivity index (χ4n) is 2.03. The first-order valence-electron chi connectivity index (χ1n) is 7.12. The summed E-state index contributed by atoms with van der Waals surface area (Å²) in [5.74, 6) is 0. The predicted octanol–water partition coefficient (Wildman–Crippen LogP) is 5.61. The quantitative estimate of drug-likeness (QED) is 0.534. The van der Waals surface area contributed by atoms with E-state index in [4.69, 9.17) is 0 Å². The van der Waals surface area contributed by atoms with E-state index >= 15 is 0 Å². The third-order valence-corrected chi connectivity index (χ3v) is 3.95. The van der Waals surface area contributed by atoms with E-state index in [2.05, 4.69) is 30.6 Å². The lowest BCUT2D eigenvalue weighted by molar-refractivity contribution is 0.581. The monoisotopic (exact) mass is 253 g/mol. The second-order valence-corrected chi connectivity index (χ2v) is 5.96. The molecule has 98 valence electrons. The van der Waals surface area contributed by atoms with Gasteiger partial charge in [0.25, 0.3) is 0 Å². The van der Waals surface area contributed by atoms with E-state index in [1.807, 2.05) is 11.3 Å². The van der Waals surface area contributed by atoms with E-state index in [1.54, 1.807) is 0 Å². The van der Waals surface area contributed by atoms with Crippen molar-refractivity contribution in [3.8, 4) is 0 Å². The molecule has 0 aromatic carbocycles. The van der Waals surface area contributed by atoms with Crippen molar-refractivity contribution >= 4 is 17.0 Å². The lowest BCUT2D eigenvalue weighted by atomic mass is 10.1. The Morgan fingerprint density at radius 2 is 1.65 bits per heavy atom. The largest absolute Gasteiger partial charge is 0.384 e. The van der Waals surface area contributed by atoms with Crippen molar-refractivity contribution in [2.45, 2.75) is 65.2 Å². The van der Waals surface area contributed by atoms with E-state index in [9.17, 15) is 0 Å². The van der Waals surface area contributed by atoms with E-state index in [-0.39, 0.29) is 0 Å². The van der Waals surface area contributed by atoms with Gasteiger partial charge in [-0.1, -0.05) is 51.9 Å². The maximum absolute atomic E-state index is 3.49. The fourth-order valence-corrected chi connectivity index (χ4v) is 2.69. The average Bonchev–Trinajstić information content (AvgIpc) is 2.73. The maximum Gasteiger partial charge on any atom is 0.0451 e. The van der Waals surface area contributed by atoms with Gasteiger partial charge in [-0.05, 0) is 19.4 Å². The Labute approximate surface area is 111 Å². The molecule has 0 atom stereocenters. The molecule has 0 fully saturated rings. The predicted molar refractivity (Wildman–Crippen MR) is 80.2 cm³/mol. The highest BCUT2D eigenvalue weighted by atomic mass is 32.1. The van der Waals surface area contributed by atoms with Crippen LogP contribution < -0.4 is 5.32 Å². The Morgan fingerprint density at radius 3 is 2.24 bits per heavy atom. The van der Waals surface area contributed by atoms with Gasteiger partial charge in [0.15, 0.2) is 0 Å². The lowest BCUT2D eigenvalue weighted by Crippen LogP contribution is -1.99. The molecule has 0 bridgehead atoms. The maximum atomic E-state index is 3.49. The topological polar surface area (TPSA) is 12.0 Å². The summed E-state index contributed by atoms with van der Waals surface area (Å²) in [5.41, 5.74) is 1.30. The molecule has 0 amide bonds. The van der Waals surface area contributed by atoms with E-state index < -0.39 is 0 Å². The molecule has 0 aliphatic carbocycles. The van der Waals surface area contributed by atoms with Gasteiger partial charge in [0.05, 0.1) is 0 Å². The Kier molecular flexibility index (Phi) is 8.16. The first-order chi connectivity index (χ1) is 8.33. The van der Waals surface area contributed by atoms with Crippen LogP contribution in [0.25, 0.3) is 0 Å². The SMILES string of the molecule is CCCCCCCCCCNc1csc(C)c1. The number of hydrogen-bond acceptors (Lipinski definition) is 2. The van der Waals surface area contributed by atoms with E-state index in [0.717, 1.165) is 6.54 Å². The van der Waals surface area contributed by atoms with Crippen molar-refractivity contribution in [2.75, 3.05) is 11.9 Å². The molecular formula is C15H27NS. The number of anilines is 1. The fraction of sp³-hybridized carbons (Fsp3) is 0.733. The summed E-state index contributed by atoms with van der Waals surface area (Å²) >= 11 is 1.82. The molecule has 1 nitrogen and oxygen atoms in total. The highest BCUT2D eigenvalue weighted by Gasteiger charge is 1.95. The van der Waals surface area contributed by atoms with Crippen LogP contribution >= 0.6 is 11.3 Å². The van der Waals surface area contributed by atoms with Crippen LogP contribution in [0.15, 0.2) is 11.4 Å². The smallest absolute Gasteiger partial charge is 0.0451 e. The number of nitrogens with one attached hydrogen (secondary N) is 1. The van der Waals surface area contributed by atoms with Crippen LogP contribution in [-0.2, 0) is 0 Å². The summed E-state index contributed by atoms with van der Waals surface area (Å²) in [6.45, 7) is 5.56. The number of unbranched alkanes of at least 4 members (excludes halogenated alkanes) is 7. The summed E-state index contributed by atoms with van der Waals surface area (Å²) in [7, 11) is 0. The standard InChI is InChI=1S/C15H27NS/c1-3-4-5-6-7-8-9-10-11-16-15-12-14(2)17-13-15/h12-13,16H,3-11H2,1-2H3. The van der Waals surface area contributed by atoms with Crippen LogP contribution in [-0.4, -0.2) is 6.54 Å². The van der Waals surface area contributed by atoms with Gasteiger partial charge in [-0.3, -0.25) is 0 Å². The molecule has 17 heavy (non-hydrogen) atoms. The van der Waals surface area contributed by atoms with E-state index in [1.165, 1.54) is 61.9 Å². The molecular weight excluding hydrogens is 226 g/mol. The molecule has 0 saturated heterocycles. The molecule has 0 saturated carbocycles. The first kappa shape index (κ1) is 14.6. The molecule has 0 aliphatic rings. The Bertz CT molecular complexity index is 280. The molecule has 2 heteroatoms. The normalized spacial score (nSPS) is 10.7. The third kappa shape index (κ3) is 7.43. The minimum Gasteiger partial charge on any atom is -0.384 e. The highest BCUT2D eigenvalue weighted by Crippen LogP contribution is 2.18. The number of hydrogen-bond donors (Lipinski definition) is 1. The average molecular weight is 253 g/mol. The summed E-state index contributed by atoms with van der Waals surface area (Å²) in [4.78, 5) is 1.39. The molecule has 1 N–H and O–H groups in total. The Balaban J connectivity index is 1.84. The number of aryl methyl sites for hydroxylation is 1. The van der Waals surface area contributed by atoms with Gasteiger partial charge in [-0.2, -0.15) is 0 Å². The molecule has 1 aromatic heterocycles. The van der Waals surface area contributed by atoms with Crippen molar-refractivity contribution in [1.29, 1.82) is 0 Å². The number of rotatable bonds is 10.